The Hall–Kier alpha value is -2.14. The Labute approximate surface area is 124 Å². The molecule has 0 bridgehead atoms. The van der Waals surface area contributed by atoms with E-state index in [1.165, 1.54) is 6.26 Å². The van der Waals surface area contributed by atoms with Crippen molar-refractivity contribution >= 4 is 15.7 Å². The minimum absolute atomic E-state index is 0.325. The van der Waals surface area contributed by atoms with Crippen LogP contribution in [0.5, 0.6) is 0 Å². The minimum atomic E-state index is -3.16. The molecule has 5 heteroatoms. The number of hydrogen-bond donors (Lipinski definition) is 1. The predicted molar refractivity (Wildman–Crippen MR) is 82.1 cm³/mol. The third-order valence-corrected chi connectivity index (χ3v) is 4.80. The van der Waals surface area contributed by atoms with Gasteiger partial charge < -0.3 is 4.90 Å². The minimum Gasteiger partial charge on any atom is -0.348 e. The fraction of sp³-hybridized carbons (Fsp3) is 0.188. The molecule has 0 atom stereocenters. The fourth-order valence-electron chi connectivity index (χ4n) is 2.54. The summed E-state index contributed by atoms with van der Waals surface area (Å²) in [6, 6.07) is 14.8. The number of sulfone groups is 1. The Balaban J connectivity index is 1.79. The molecule has 1 aliphatic heterocycles. The Morgan fingerprint density at radius 3 is 2.38 bits per heavy atom. The molecule has 21 heavy (non-hydrogen) atoms. The van der Waals surface area contributed by atoms with E-state index in [0.29, 0.717) is 17.3 Å². The van der Waals surface area contributed by atoms with Crippen molar-refractivity contribution in [3.05, 3.63) is 65.2 Å². The molecule has 1 heterocycles. The Kier molecular flexibility index (Phi) is 3.29. The smallest absolute Gasteiger partial charge is 0.175 e. The van der Waals surface area contributed by atoms with E-state index in [9.17, 15) is 8.42 Å². The maximum atomic E-state index is 11.4. The highest BCUT2D eigenvalue weighted by Gasteiger charge is 2.23. The number of hydrogen-bond acceptors (Lipinski definition) is 3. The Morgan fingerprint density at radius 2 is 1.76 bits per heavy atom. The number of benzene rings is 2. The molecule has 0 radical (unpaired) electrons. The second-order valence-electron chi connectivity index (χ2n) is 5.28. The van der Waals surface area contributed by atoms with E-state index in [-0.39, 0.29) is 0 Å². The van der Waals surface area contributed by atoms with Crippen molar-refractivity contribution in [1.82, 2.24) is 4.90 Å². The molecule has 3 rings (SSSR count). The molecule has 0 aromatic heterocycles. The summed E-state index contributed by atoms with van der Waals surface area (Å²) in [7, 11) is -3.16. The van der Waals surface area contributed by atoms with Crippen LogP contribution in [0.25, 0.3) is 0 Å². The maximum absolute atomic E-state index is 11.4. The van der Waals surface area contributed by atoms with Gasteiger partial charge in [0.15, 0.2) is 9.84 Å². The molecule has 1 N–H and O–H groups in total. The number of nitrogens with one attached hydrogen (secondary N) is 1. The second kappa shape index (κ2) is 5.00. The van der Waals surface area contributed by atoms with Crippen molar-refractivity contribution in [3.63, 3.8) is 0 Å². The van der Waals surface area contributed by atoms with Crippen molar-refractivity contribution < 1.29 is 8.42 Å². The van der Waals surface area contributed by atoms with Crippen LogP contribution in [0, 0.1) is 5.41 Å². The number of amidine groups is 1. The van der Waals surface area contributed by atoms with E-state index in [1.807, 2.05) is 41.3 Å². The van der Waals surface area contributed by atoms with Crippen molar-refractivity contribution in [2.75, 3.05) is 6.26 Å². The highest BCUT2D eigenvalue weighted by Crippen LogP contribution is 2.24. The van der Waals surface area contributed by atoms with Gasteiger partial charge in [-0.25, -0.2) is 8.42 Å². The van der Waals surface area contributed by atoms with Crippen LogP contribution in [0.2, 0.25) is 0 Å². The predicted octanol–water partition coefficient (Wildman–Crippen LogP) is 2.43. The van der Waals surface area contributed by atoms with Gasteiger partial charge in [0, 0.05) is 24.9 Å². The number of rotatable bonds is 3. The van der Waals surface area contributed by atoms with Crippen molar-refractivity contribution in [2.45, 2.75) is 18.0 Å². The van der Waals surface area contributed by atoms with Crippen LogP contribution in [0.15, 0.2) is 53.4 Å². The van der Waals surface area contributed by atoms with E-state index in [1.54, 1.807) is 12.1 Å². The molecule has 0 unspecified atom stereocenters. The third-order valence-electron chi connectivity index (χ3n) is 3.67. The van der Waals surface area contributed by atoms with Gasteiger partial charge in [0.2, 0.25) is 0 Å². The zero-order valence-corrected chi connectivity index (χ0v) is 12.5. The molecule has 0 fully saturated rings. The van der Waals surface area contributed by atoms with Crippen molar-refractivity contribution in [3.8, 4) is 0 Å². The lowest BCUT2D eigenvalue weighted by molar-refractivity contribution is 0.422. The summed E-state index contributed by atoms with van der Waals surface area (Å²) in [5.74, 6) is 0.526. The SMILES string of the molecule is CS(=O)(=O)c1ccc(CN2Cc3ccccc3C2=N)cc1. The summed E-state index contributed by atoms with van der Waals surface area (Å²) in [5.41, 5.74) is 3.14. The van der Waals surface area contributed by atoms with Crippen LogP contribution in [0.1, 0.15) is 16.7 Å². The van der Waals surface area contributed by atoms with Gasteiger partial charge in [0.05, 0.1) is 4.90 Å². The highest BCUT2D eigenvalue weighted by atomic mass is 32.2. The normalized spacial score (nSPS) is 14.3. The first kappa shape index (κ1) is 13.8. The van der Waals surface area contributed by atoms with E-state index < -0.39 is 9.84 Å². The van der Waals surface area contributed by atoms with Crippen LogP contribution in [0.3, 0.4) is 0 Å². The lowest BCUT2D eigenvalue weighted by Crippen LogP contribution is -2.23. The van der Waals surface area contributed by atoms with Crippen LogP contribution in [0.4, 0.5) is 0 Å². The van der Waals surface area contributed by atoms with Crippen LogP contribution in [-0.2, 0) is 22.9 Å². The molecule has 4 nitrogen and oxygen atoms in total. The first-order chi connectivity index (χ1) is 9.95. The van der Waals surface area contributed by atoms with Gasteiger partial charge in [-0.1, -0.05) is 36.4 Å². The average Bonchev–Trinajstić information content (AvgIpc) is 2.76. The summed E-state index contributed by atoms with van der Waals surface area (Å²) in [5, 5.41) is 8.21. The van der Waals surface area contributed by atoms with Crippen LogP contribution >= 0.6 is 0 Å². The summed E-state index contributed by atoms with van der Waals surface area (Å²) in [6.45, 7) is 1.33. The molecule has 0 aliphatic carbocycles. The first-order valence-electron chi connectivity index (χ1n) is 6.66. The second-order valence-corrected chi connectivity index (χ2v) is 7.29. The molecule has 2 aromatic carbocycles. The third kappa shape index (κ3) is 2.69. The van der Waals surface area contributed by atoms with Crippen LogP contribution < -0.4 is 0 Å². The molecule has 0 spiro atoms. The topological polar surface area (TPSA) is 61.2 Å². The molecular formula is C16H16N2O2S. The highest BCUT2D eigenvalue weighted by molar-refractivity contribution is 7.90. The van der Waals surface area contributed by atoms with Gasteiger partial charge in [-0.05, 0) is 23.3 Å². The van der Waals surface area contributed by atoms with Gasteiger partial charge in [0.25, 0.3) is 0 Å². The van der Waals surface area contributed by atoms with Gasteiger partial charge in [-0.15, -0.1) is 0 Å². The fourth-order valence-corrected chi connectivity index (χ4v) is 3.17. The lowest BCUT2D eigenvalue weighted by atomic mass is 10.1. The molecule has 0 saturated carbocycles. The Morgan fingerprint density at radius 1 is 1.10 bits per heavy atom. The van der Waals surface area contributed by atoms with Gasteiger partial charge in [-0.2, -0.15) is 0 Å². The molecular weight excluding hydrogens is 284 g/mol. The quantitative estimate of drug-likeness (QED) is 0.947. The lowest BCUT2D eigenvalue weighted by Gasteiger charge is -2.18. The van der Waals surface area contributed by atoms with E-state index in [0.717, 1.165) is 23.2 Å². The summed E-state index contributed by atoms with van der Waals surface area (Å²) >= 11 is 0. The molecule has 0 amide bonds. The standard InChI is InChI=1S/C16H16N2O2S/c1-21(19,20)14-8-6-12(7-9-14)10-18-11-13-4-2-3-5-15(13)16(18)17/h2-9,17H,10-11H2,1H3. The zero-order chi connectivity index (χ0) is 15.0. The molecule has 108 valence electrons. The van der Waals surface area contributed by atoms with E-state index in [2.05, 4.69) is 0 Å². The van der Waals surface area contributed by atoms with Crippen LogP contribution in [-0.4, -0.2) is 25.4 Å². The Bertz CT molecular complexity index is 795. The van der Waals surface area contributed by atoms with Gasteiger partial charge in [-0.3, -0.25) is 5.41 Å². The van der Waals surface area contributed by atoms with Gasteiger partial charge >= 0.3 is 0 Å². The molecule has 0 saturated heterocycles. The molecule has 2 aromatic rings. The summed E-state index contributed by atoms with van der Waals surface area (Å²) < 4.78 is 22.9. The summed E-state index contributed by atoms with van der Waals surface area (Å²) in [6.07, 6.45) is 1.20. The van der Waals surface area contributed by atoms with E-state index >= 15 is 0 Å². The van der Waals surface area contributed by atoms with Crippen molar-refractivity contribution in [1.29, 1.82) is 5.41 Å². The van der Waals surface area contributed by atoms with Crippen molar-refractivity contribution in [2.24, 2.45) is 0 Å². The van der Waals surface area contributed by atoms with Gasteiger partial charge in [0.1, 0.15) is 5.84 Å². The maximum Gasteiger partial charge on any atom is 0.175 e. The first-order valence-corrected chi connectivity index (χ1v) is 8.55. The monoisotopic (exact) mass is 300 g/mol. The largest absolute Gasteiger partial charge is 0.348 e. The molecule has 1 aliphatic rings. The average molecular weight is 300 g/mol. The number of fused-ring (bicyclic) bond motifs is 1. The zero-order valence-electron chi connectivity index (χ0n) is 11.7. The summed E-state index contributed by atoms with van der Waals surface area (Å²) in [4.78, 5) is 2.31. The number of nitrogens with zero attached hydrogens (tertiary/aromatic N) is 1. The van der Waals surface area contributed by atoms with E-state index in [4.69, 9.17) is 5.41 Å².